The van der Waals surface area contributed by atoms with E-state index < -0.39 is 11.2 Å². The van der Waals surface area contributed by atoms with Gasteiger partial charge in [0.15, 0.2) is 0 Å². The van der Waals surface area contributed by atoms with Crippen LogP contribution in [0.4, 0.5) is 10.1 Å². The maximum absolute atomic E-state index is 13.3. The molecule has 1 aromatic rings. The summed E-state index contributed by atoms with van der Waals surface area (Å²) in [5, 5.41) is 0.310. The molecule has 0 aliphatic heterocycles. The maximum atomic E-state index is 13.3. The van der Waals surface area contributed by atoms with E-state index in [9.17, 15) is 9.18 Å². The van der Waals surface area contributed by atoms with E-state index in [1.165, 1.54) is 18.2 Å². The Balaban J connectivity index is 2.65. The summed E-state index contributed by atoms with van der Waals surface area (Å²) in [6.45, 7) is 5.30. The molecule has 0 bridgehead atoms. The van der Waals surface area contributed by atoms with Crippen molar-refractivity contribution in [1.29, 1.82) is 0 Å². The molecule has 3 nitrogen and oxygen atoms in total. The zero-order valence-corrected chi connectivity index (χ0v) is 10.2. The first-order chi connectivity index (χ1) is 7.30. The Morgan fingerprint density at radius 2 is 2.00 bits per heavy atom. The van der Waals surface area contributed by atoms with Gasteiger partial charge in [0, 0.05) is 10.4 Å². The number of rotatable bonds is 2. The fourth-order valence-corrected chi connectivity index (χ4v) is 1.06. The van der Waals surface area contributed by atoms with Crippen LogP contribution in [-0.4, -0.2) is 5.91 Å². The lowest BCUT2D eigenvalue weighted by atomic mass is 9.96. The summed E-state index contributed by atoms with van der Waals surface area (Å²) >= 11 is 5.60. The third-order valence-electron chi connectivity index (χ3n) is 1.92. The maximum Gasteiger partial charge on any atom is 0.243 e. The van der Waals surface area contributed by atoms with Crippen LogP contribution >= 0.6 is 11.6 Å². The van der Waals surface area contributed by atoms with Crippen molar-refractivity contribution in [3.05, 3.63) is 29.0 Å². The third kappa shape index (κ3) is 3.38. The zero-order valence-electron chi connectivity index (χ0n) is 9.40. The molecule has 88 valence electrons. The number of halogens is 2. The topological polar surface area (TPSA) is 41.1 Å². The van der Waals surface area contributed by atoms with Crippen LogP contribution in [0, 0.1) is 11.2 Å². The predicted octanol–water partition coefficient (Wildman–Crippen LogP) is 2.97. The Hall–Kier alpha value is -1.29. The van der Waals surface area contributed by atoms with Crippen molar-refractivity contribution in [1.82, 2.24) is 5.43 Å². The molecule has 0 atom stereocenters. The van der Waals surface area contributed by atoms with Crippen LogP contribution in [0.3, 0.4) is 0 Å². The SMILES string of the molecule is CC(C)(C)C(=O)NNc1ccc(Cl)cc1F. The molecule has 0 unspecified atom stereocenters. The van der Waals surface area contributed by atoms with E-state index in [1.54, 1.807) is 20.8 Å². The summed E-state index contributed by atoms with van der Waals surface area (Å²) in [6, 6.07) is 4.17. The second kappa shape index (κ2) is 4.70. The average molecular weight is 245 g/mol. The quantitative estimate of drug-likeness (QED) is 0.786. The van der Waals surface area contributed by atoms with Gasteiger partial charge in [-0.25, -0.2) is 4.39 Å². The first kappa shape index (κ1) is 12.8. The van der Waals surface area contributed by atoms with E-state index in [0.29, 0.717) is 5.02 Å². The highest BCUT2D eigenvalue weighted by Crippen LogP contribution is 2.18. The predicted molar refractivity (Wildman–Crippen MR) is 62.6 cm³/mol. The van der Waals surface area contributed by atoms with Gasteiger partial charge in [0.05, 0.1) is 5.69 Å². The molecule has 0 radical (unpaired) electrons. The molecule has 0 aromatic heterocycles. The Kier molecular flexibility index (Phi) is 3.75. The average Bonchev–Trinajstić information content (AvgIpc) is 2.14. The Morgan fingerprint density at radius 3 is 2.50 bits per heavy atom. The Bertz CT molecular complexity index is 401. The molecule has 0 saturated heterocycles. The number of anilines is 1. The molecule has 0 aliphatic rings. The smallest absolute Gasteiger partial charge is 0.243 e. The Labute approximate surface area is 99.0 Å². The summed E-state index contributed by atoms with van der Waals surface area (Å²) in [7, 11) is 0. The first-order valence-corrected chi connectivity index (χ1v) is 5.20. The molecule has 5 heteroatoms. The van der Waals surface area contributed by atoms with Gasteiger partial charge < -0.3 is 0 Å². The van der Waals surface area contributed by atoms with Crippen molar-refractivity contribution in [3.8, 4) is 0 Å². The number of hydrogen-bond donors (Lipinski definition) is 2. The number of nitrogens with one attached hydrogen (secondary N) is 2. The number of carbonyl (C=O) groups excluding carboxylic acids is 1. The van der Waals surface area contributed by atoms with Crippen molar-refractivity contribution < 1.29 is 9.18 Å². The second-order valence-corrected chi connectivity index (χ2v) is 4.89. The van der Waals surface area contributed by atoms with E-state index >= 15 is 0 Å². The Morgan fingerprint density at radius 1 is 1.38 bits per heavy atom. The minimum absolute atomic E-state index is 0.182. The summed E-state index contributed by atoms with van der Waals surface area (Å²) in [6.07, 6.45) is 0. The van der Waals surface area contributed by atoms with Gasteiger partial charge >= 0.3 is 0 Å². The molecule has 0 aliphatic carbocycles. The standard InChI is InChI=1S/C11H14ClFN2O/c1-11(2,3)10(16)15-14-9-5-4-7(12)6-8(9)13/h4-6,14H,1-3H3,(H,15,16). The van der Waals surface area contributed by atoms with Gasteiger partial charge in [0.1, 0.15) is 5.82 Å². The van der Waals surface area contributed by atoms with E-state index in [2.05, 4.69) is 10.9 Å². The number of carbonyl (C=O) groups is 1. The van der Waals surface area contributed by atoms with E-state index in [1.807, 2.05) is 0 Å². The van der Waals surface area contributed by atoms with Crippen LogP contribution < -0.4 is 10.9 Å². The molecule has 0 saturated carbocycles. The highest BCUT2D eigenvalue weighted by Gasteiger charge is 2.20. The molecule has 1 amide bonds. The fraction of sp³-hybridized carbons (Fsp3) is 0.364. The molecular weight excluding hydrogens is 231 g/mol. The van der Waals surface area contributed by atoms with E-state index in [0.717, 1.165) is 0 Å². The van der Waals surface area contributed by atoms with E-state index in [4.69, 9.17) is 11.6 Å². The molecule has 0 heterocycles. The largest absolute Gasteiger partial charge is 0.296 e. The van der Waals surface area contributed by atoms with Crippen LogP contribution in [-0.2, 0) is 4.79 Å². The second-order valence-electron chi connectivity index (χ2n) is 4.45. The zero-order chi connectivity index (χ0) is 12.3. The summed E-state index contributed by atoms with van der Waals surface area (Å²) in [5.41, 5.74) is 4.59. The minimum Gasteiger partial charge on any atom is -0.296 e. The van der Waals surface area contributed by atoms with Gasteiger partial charge in [-0.3, -0.25) is 15.6 Å². The number of hydrazine groups is 1. The lowest BCUT2D eigenvalue weighted by Gasteiger charge is -2.18. The summed E-state index contributed by atoms with van der Waals surface area (Å²) in [5.74, 6) is -0.733. The lowest BCUT2D eigenvalue weighted by Crippen LogP contribution is -2.38. The monoisotopic (exact) mass is 244 g/mol. The highest BCUT2D eigenvalue weighted by molar-refractivity contribution is 6.30. The van der Waals surface area contributed by atoms with Gasteiger partial charge in [0.2, 0.25) is 5.91 Å². The molecule has 1 rings (SSSR count). The van der Waals surface area contributed by atoms with Gasteiger partial charge in [-0.05, 0) is 18.2 Å². The van der Waals surface area contributed by atoms with Crippen LogP contribution in [0.25, 0.3) is 0 Å². The van der Waals surface area contributed by atoms with Crippen LogP contribution in [0.2, 0.25) is 5.02 Å². The molecule has 16 heavy (non-hydrogen) atoms. The van der Waals surface area contributed by atoms with Crippen molar-refractivity contribution >= 4 is 23.2 Å². The van der Waals surface area contributed by atoms with Crippen LogP contribution in [0.5, 0.6) is 0 Å². The summed E-state index contributed by atoms with van der Waals surface area (Å²) < 4.78 is 13.3. The lowest BCUT2D eigenvalue weighted by molar-refractivity contribution is -0.127. The fourth-order valence-electron chi connectivity index (χ4n) is 0.902. The van der Waals surface area contributed by atoms with Crippen LogP contribution in [0.1, 0.15) is 20.8 Å². The van der Waals surface area contributed by atoms with Gasteiger partial charge in [0.25, 0.3) is 0 Å². The van der Waals surface area contributed by atoms with Crippen molar-refractivity contribution in [2.75, 3.05) is 5.43 Å². The van der Waals surface area contributed by atoms with Crippen molar-refractivity contribution in [2.24, 2.45) is 5.41 Å². The normalized spacial score (nSPS) is 11.1. The number of hydrogen-bond acceptors (Lipinski definition) is 2. The van der Waals surface area contributed by atoms with Crippen molar-refractivity contribution in [3.63, 3.8) is 0 Å². The first-order valence-electron chi connectivity index (χ1n) is 4.82. The molecule has 0 fully saturated rings. The molecule has 1 aromatic carbocycles. The van der Waals surface area contributed by atoms with E-state index in [-0.39, 0.29) is 11.6 Å². The molecule has 2 N–H and O–H groups in total. The van der Waals surface area contributed by atoms with Crippen molar-refractivity contribution in [2.45, 2.75) is 20.8 Å². The number of amides is 1. The third-order valence-corrected chi connectivity index (χ3v) is 2.16. The van der Waals surface area contributed by atoms with Gasteiger partial charge in [-0.1, -0.05) is 32.4 Å². The molecule has 0 spiro atoms. The highest BCUT2D eigenvalue weighted by atomic mass is 35.5. The summed E-state index contributed by atoms with van der Waals surface area (Å²) in [4.78, 5) is 11.5. The minimum atomic E-state index is -0.532. The van der Waals surface area contributed by atoms with Gasteiger partial charge in [-0.15, -0.1) is 0 Å². The van der Waals surface area contributed by atoms with Gasteiger partial charge in [-0.2, -0.15) is 0 Å². The number of benzene rings is 1. The van der Waals surface area contributed by atoms with Crippen LogP contribution in [0.15, 0.2) is 18.2 Å². The molecular formula is C11H14ClFN2O.